The van der Waals surface area contributed by atoms with Gasteiger partial charge in [0.05, 0.1) is 0 Å². The van der Waals surface area contributed by atoms with Gasteiger partial charge in [-0.25, -0.2) is 4.98 Å². The lowest BCUT2D eigenvalue weighted by molar-refractivity contribution is -0.389. The molecule has 0 saturated carbocycles. The van der Waals surface area contributed by atoms with Gasteiger partial charge in [-0.1, -0.05) is 30.3 Å². The molecule has 1 N–H and O–H groups in total. The second-order valence-corrected chi connectivity index (χ2v) is 5.87. The van der Waals surface area contributed by atoms with Crippen LogP contribution in [0.1, 0.15) is 16.6 Å². The number of hydrogen-bond donors (Lipinski definition) is 1. The van der Waals surface area contributed by atoms with Gasteiger partial charge in [-0.05, 0) is 15.5 Å². The summed E-state index contributed by atoms with van der Waals surface area (Å²) in [5.41, 5.74) is 0.914. The van der Waals surface area contributed by atoms with Crippen molar-refractivity contribution in [3.8, 4) is 0 Å². The Labute approximate surface area is 141 Å². The number of nitro groups is 1. The number of rotatable bonds is 6. The van der Waals surface area contributed by atoms with Crippen molar-refractivity contribution < 1.29 is 9.72 Å². The first-order chi connectivity index (χ1) is 11.6. The summed E-state index contributed by atoms with van der Waals surface area (Å²) < 4.78 is 1.37. The number of carbonyl (C=O) groups is 1. The third-order valence-electron chi connectivity index (χ3n) is 3.27. The molecule has 0 radical (unpaired) electrons. The molecule has 0 spiro atoms. The molecular formula is C15H13N5O3S. The monoisotopic (exact) mass is 343 g/mol. The molecule has 122 valence electrons. The van der Waals surface area contributed by atoms with Crippen LogP contribution in [0.4, 0.5) is 5.82 Å². The first-order valence-corrected chi connectivity index (χ1v) is 7.91. The summed E-state index contributed by atoms with van der Waals surface area (Å²) in [5.74, 6) is -0.575. The van der Waals surface area contributed by atoms with Gasteiger partial charge in [0.1, 0.15) is 23.8 Å². The fourth-order valence-corrected chi connectivity index (χ4v) is 2.93. The van der Waals surface area contributed by atoms with Crippen molar-refractivity contribution in [2.24, 2.45) is 0 Å². The van der Waals surface area contributed by atoms with Gasteiger partial charge >= 0.3 is 5.82 Å². The number of thiazole rings is 1. The smallest absolute Gasteiger partial charge is 0.358 e. The minimum Gasteiger partial charge on any atom is -0.358 e. The Bertz CT molecular complexity index is 832. The highest BCUT2D eigenvalue weighted by molar-refractivity contribution is 7.09. The van der Waals surface area contributed by atoms with Crippen molar-refractivity contribution in [3.05, 3.63) is 75.1 Å². The molecule has 9 heteroatoms. The first-order valence-electron chi connectivity index (χ1n) is 7.03. The van der Waals surface area contributed by atoms with E-state index in [4.69, 9.17) is 0 Å². The average Bonchev–Trinajstić information content (AvgIpc) is 3.25. The van der Waals surface area contributed by atoms with E-state index in [1.807, 2.05) is 35.7 Å². The highest BCUT2D eigenvalue weighted by Crippen LogP contribution is 2.23. The van der Waals surface area contributed by atoms with Gasteiger partial charge in [-0.15, -0.1) is 11.3 Å². The average molecular weight is 343 g/mol. The van der Waals surface area contributed by atoms with Crippen molar-refractivity contribution in [2.75, 3.05) is 0 Å². The van der Waals surface area contributed by atoms with Gasteiger partial charge in [-0.2, -0.15) is 0 Å². The zero-order valence-corrected chi connectivity index (χ0v) is 13.2. The van der Waals surface area contributed by atoms with Crippen molar-refractivity contribution in [2.45, 2.75) is 12.6 Å². The molecule has 0 bridgehead atoms. The minimum atomic E-state index is -0.600. The first kappa shape index (κ1) is 15.8. The number of amides is 1. The molecule has 0 aliphatic rings. The third kappa shape index (κ3) is 3.63. The summed E-state index contributed by atoms with van der Waals surface area (Å²) in [6.07, 6.45) is 4.17. The molecule has 1 aromatic carbocycles. The van der Waals surface area contributed by atoms with Crippen LogP contribution in [0.3, 0.4) is 0 Å². The second-order valence-electron chi connectivity index (χ2n) is 4.94. The van der Waals surface area contributed by atoms with E-state index in [-0.39, 0.29) is 24.3 Å². The standard InChI is InChI=1S/C15H13N5O3S/c21-13(9-19-8-12(17-10-19)20(22)23)18-14(15-16-6-7-24-15)11-4-2-1-3-5-11/h1-8,10,14H,9H2,(H,18,21)/t14-/m1/s1. The molecule has 2 heterocycles. The van der Waals surface area contributed by atoms with Crippen LogP contribution in [0, 0.1) is 10.1 Å². The molecule has 1 atom stereocenters. The van der Waals surface area contributed by atoms with Gasteiger partial charge in [0.25, 0.3) is 0 Å². The quantitative estimate of drug-likeness (QED) is 0.546. The second kappa shape index (κ2) is 7.01. The fraction of sp³-hybridized carbons (Fsp3) is 0.133. The van der Waals surface area contributed by atoms with Crippen LogP contribution < -0.4 is 5.32 Å². The Balaban J connectivity index is 1.75. The van der Waals surface area contributed by atoms with Crippen LogP contribution >= 0.6 is 11.3 Å². The molecular weight excluding hydrogens is 330 g/mol. The summed E-state index contributed by atoms with van der Waals surface area (Å²) >= 11 is 1.45. The molecule has 0 aliphatic carbocycles. The van der Waals surface area contributed by atoms with E-state index < -0.39 is 4.92 Å². The maximum Gasteiger partial charge on any atom is 0.381 e. The van der Waals surface area contributed by atoms with E-state index >= 15 is 0 Å². The van der Waals surface area contributed by atoms with Crippen molar-refractivity contribution in [1.29, 1.82) is 0 Å². The Morgan fingerprint density at radius 1 is 1.33 bits per heavy atom. The van der Waals surface area contributed by atoms with Gasteiger partial charge in [-0.3, -0.25) is 4.79 Å². The van der Waals surface area contributed by atoms with Gasteiger partial charge < -0.3 is 20.0 Å². The van der Waals surface area contributed by atoms with E-state index in [2.05, 4.69) is 15.3 Å². The van der Waals surface area contributed by atoms with Crippen LogP contribution in [0.2, 0.25) is 0 Å². The molecule has 2 aromatic heterocycles. The van der Waals surface area contributed by atoms with Crippen LogP contribution in [-0.2, 0) is 11.3 Å². The Hall–Kier alpha value is -3.07. The third-order valence-corrected chi connectivity index (χ3v) is 4.11. The van der Waals surface area contributed by atoms with E-state index in [9.17, 15) is 14.9 Å². The maximum atomic E-state index is 12.3. The topological polar surface area (TPSA) is 103 Å². The van der Waals surface area contributed by atoms with E-state index in [1.54, 1.807) is 6.20 Å². The van der Waals surface area contributed by atoms with Crippen molar-refractivity contribution in [1.82, 2.24) is 19.9 Å². The number of nitrogens with zero attached hydrogens (tertiary/aromatic N) is 4. The Morgan fingerprint density at radius 2 is 2.12 bits per heavy atom. The van der Waals surface area contributed by atoms with Crippen molar-refractivity contribution >= 4 is 23.1 Å². The predicted molar refractivity (Wildman–Crippen MR) is 87.4 cm³/mol. The molecule has 3 rings (SSSR count). The van der Waals surface area contributed by atoms with E-state index in [1.165, 1.54) is 28.4 Å². The molecule has 1 amide bonds. The zero-order chi connectivity index (χ0) is 16.9. The normalized spacial score (nSPS) is 11.8. The SMILES string of the molecule is O=C(Cn1cnc([N+](=O)[O-])c1)N[C@H](c1ccccc1)c1nccs1. The van der Waals surface area contributed by atoms with E-state index in [0.717, 1.165) is 10.6 Å². The van der Waals surface area contributed by atoms with Crippen LogP contribution in [0.25, 0.3) is 0 Å². The molecule has 0 saturated heterocycles. The zero-order valence-electron chi connectivity index (χ0n) is 12.4. The van der Waals surface area contributed by atoms with Gasteiger partial charge in [0.2, 0.25) is 12.2 Å². The molecule has 3 aromatic rings. The fourth-order valence-electron chi connectivity index (χ4n) is 2.21. The minimum absolute atomic E-state index is 0.0600. The molecule has 24 heavy (non-hydrogen) atoms. The van der Waals surface area contributed by atoms with E-state index in [0.29, 0.717) is 0 Å². The lowest BCUT2D eigenvalue weighted by Crippen LogP contribution is -2.31. The van der Waals surface area contributed by atoms with Crippen LogP contribution in [0.15, 0.2) is 54.4 Å². The van der Waals surface area contributed by atoms with Gasteiger partial charge in [0, 0.05) is 11.6 Å². The molecule has 8 nitrogen and oxygen atoms in total. The molecule has 0 aliphatic heterocycles. The Morgan fingerprint density at radius 3 is 2.75 bits per heavy atom. The summed E-state index contributed by atoms with van der Waals surface area (Å²) in [6, 6.07) is 9.14. The highest BCUT2D eigenvalue weighted by Gasteiger charge is 2.20. The maximum absolute atomic E-state index is 12.3. The number of carbonyl (C=O) groups excluding carboxylic acids is 1. The lowest BCUT2D eigenvalue weighted by Gasteiger charge is -2.17. The largest absolute Gasteiger partial charge is 0.381 e. The van der Waals surface area contributed by atoms with Gasteiger partial charge in [0.15, 0.2) is 0 Å². The van der Waals surface area contributed by atoms with Crippen LogP contribution in [-0.4, -0.2) is 25.4 Å². The van der Waals surface area contributed by atoms with Crippen LogP contribution in [0.5, 0.6) is 0 Å². The number of imidazole rings is 1. The summed E-state index contributed by atoms with van der Waals surface area (Å²) in [4.78, 5) is 30.3. The Kier molecular flexibility index (Phi) is 4.62. The number of nitrogens with one attached hydrogen (secondary N) is 1. The molecule has 0 unspecified atom stereocenters. The lowest BCUT2D eigenvalue weighted by atomic mass is 10.1. The highest BCUT2D eigenvalue weighted by atomic mass is 32.1. The number of aromatic nitrogens is 3. The number of benzene rings is 1. The summed E-state index contributed by atoms with van der Waals surface area (Å²) in [5, 5.41) is 16.2. The summed E-state index contributed by atoms with van der Waals surface area (Å²) in [7, 11) is 0. The number of hydrogen-bond acceptors (Lipinski definition) is 6. The summed E-state index contributed by atoms with van der Waals surface area (Å²) in [6.45, 7) is -0.0600. The molecule has 0 fully saturated rings. The van der Waals surface area contributed by atoms with Crippen molar-refractivity contribution in [3.63, 3.8) is 0 Å². The predicted octanol–water partition coefficient (Wildman–Crippen LogP) is 2.15.